The van der Waals surface area contributed by atoms with Crippen LogP contribution in [0.2, 0.25) is 10.0 Å². The Morgan fingerprint density at radius 1 is 0.906 bits per heavy atom. The van der Waals surface area contributed by atoms with Crippen molar-refractivity contribution in [3.8, 4) is 0 Å². The first-order valence-corrected chi connectivity index (χ1v) is 11.1. The van der Waals surface area contributed by atoms with Gasteiger partial charge in [-0.2, -0.15) is 0 Å². The summed E-state index contributed by atoms with van der Waals surface area (Å²) in [5.74, 6) is -1.28. The summed E-state index contributed by atoms with van der Waals surface area (Å²) in [6.45, 7) is 1.74. The lowest BCUT2D eigenvalue weighted by atomic mass is 10.1. The fourth-order valence-corrected chi connectivity index (χ4v) is 4.24. The van der Waals surface area contributed by atoms with Crippen LogP contribution in [0.5, 0.6) is 0 Å². The number of hydrogen-bond acceptors (Lipinski definition) is 4. The van der Waals surface area contributed by atoms with Crippen LogP contribution in [0.4, 0.5) is 11.4 Å². The second-order valence-corrected chi connectivity index (χ2v) is 9.02. The molecule has 1 atom stereocenters. The molecular weight excluding hydrogens is 469 g/mol. The molecule has 0 saturated heterocycles. The molecule has 0 aliphatic heterocycles. The van der Waals surface area contributed by atoms with Gasteiger partial charge in [-0.15, -0.1) is 11.8 Å². The number of amides is 3. The molecule has 0 saturated carbocycles. The van der Waals surface area contributed by atoms with Crippen molar-refractivity contribution in [2.75, 3.05) is 10.6 Å². The molecule has 0 aromatic heterocycles. The third-order valence-corrected chi connectivity index (χ3v) is 6.04. The number of anilines is 2. The minimum Gasteiger partial charge on any atom is -0.366 e. The number of primary amides is 1. The van der Waals surface area contributed by atoms with Crippen LogP contribution < -0.4 is 16.4 Å². The summed E-state index contributed by atoms with van der Waals surface area (Å²) in [4.78, 5) is 37.5. The molecule has 32 heavy (non-hydrogen) atoms. The summed E-state index contributed by atoms with van der Waals surface area (Å²) in [6.07, 6.45) is 0. The molecule has 0 bridgehead atoms. The third-order valence-electron chi connectivity index (χ3n) is 4.40. The van der Waals surface area contributed by atoms with E-state index < -0.39 is 11.2 Å². The van der Waals surface area contributed by atoms with Gasteiger partial charge >= 0.3 is 0 Å². The summed E-state index contributed by atoms with van der Waals surface area (Å²) in [5.41, 5.74) is 6.81. The topological polar surface area (TPSA) is 101 Å². The van der Waals surface area contributed by atoms with Gasteiger partial charge in [0.15, 0.2) is 0 Å². The Bertz CT molecular complexity index is 1190. The van der Waals surface area contributed by atoms with Crippen LogP contribution in [-0.2, 0) is 4.79 Å². The Kier molecular flexibility index (Phi) is 7.80. The van der Waals surface area contributed by atoms with Crippen molar-refractivity contribution in [2.24, 2.45) is 5.73 Å². The number of carbonyl (C=O) groups excluding carboxylic acids is 3. The fraction of sp³-hybridized carbons (Fsp3) is 0.0870. The van der Waals surface area contributed by atoms with Gasteiger partial charge in [-0.1, -0.05) is 41.4 Å². The van der Waals surface area contributed by atoms with E-state index >= 15 is 0 Å². The number of carbonyl (C=O) groups is 3. The van der Waals surface area contributed by atoms with Crippen molar-refractivity contribution in [3.05, 3.63) is 87.9 Å². The Morgan fingerprint density at radius 2 is 1.66 bits per heavy atom. The van der Waals surface area contributed by atoms with E-state index in [0.29, 0.717) is 22.0 Å². The first-order valence-electron chi connectivity index (χ1n) is 9.47. The largest absolute Gasteiger partial charge is 0.366 e. The molecule has 3 aromatic rings. The smallest absolute Gasteiger partial charge is 0.257 e. The van der Waals surface area contributed by atoms with Crippen LogP contribution >= 0.6 is 35.0 Å². The molecule has 6 nitrogen and oxygen atoms in total. The van der Waals surface area contributed by atoms with Gasteiger partial charge in [0.2, 0.25) is 5.91 Å². The molecule has 164 valence electrons. The number of rotatable bonds is 7. The van der Waals surface area contributed by atoms with Crippen molar-refractivity contribution < 1.29 is 14.4 Å². The Hall–Kier alpha value is -3.00. The van der Waals surface area contributed by atoms with E-state index in [9.17, 15) is 14.4 Å². The first kappa shape index (κ1) is 23.7. The molecule has 0 aliphatic rings. The summed E-state index contributed by atoms with van der Waals surface area (Å²) < 4.78 is 0. The molecule has 0 aliphatic carbocycles. The lowest BCUT2D eigenvalue weighted by Gasteiger charge is -2.14. The summed E-state index contributed by atoms with van der Waals surface area (Å²) in [7, 11) is 0. The van der Waals surface area contributed by atoms with Crippen LogP contribution in [0, 0.1) is 0 Å². The Balaban J connectivity index is 1.67. The fourth-order valence-electron chi connectivity index (χ4n) is 2.82. The van der Waals surface area contributed by atoms with Gasteiger partial charge in [-0.3, -0.25) is 14.4 Å². The van der Waals surface area contributed by atoms with Gasteiger partial charge in [0, 0.05) is 15.6 Å². The standard InChI is InChI=1S/C23H19Cl2N3O3S/c1-13(22(30)28-20-8-3-2-7-18(20)21(26)29)32-16-6-4-5-15(12-16)27-23(31)17-10-9-14(24)11-19(17)25/h2-13H,1H3,(H2,26,29)(H,27,31)(H,28,30). The van der Waals surface area contributed by atoms with Gasteiger partial charge in [0.25, 0.3) is 11.8 Å². The molecule has 3 amide bonds. The predicted octanol–water partition coefficient (Wildman–Crippen LogP) is 5.46. The van der Waals surface area contributed by atoms with E-state index in [-0.39, 0.29) is 22.4 Å². The number of halogens is 2. The minimum absolute atomic E-state index is 0.239. The average molecular weight is 488 g/mol. The molecule has 4 N–H and O–H groups in total. The van der Waals surface area contributed by atoms with Crippen LogP contribution in [0.15, 0.2) is 71.6 Å². The number of thioether (sulfide) groups is 1. The molecule has 0 radical (unpaired) electrons. The monoisotopic (exact) mass is 487 g/mol. The van der Waals surface area contributed by atoms with Crippen molar-refractivity contribution in [1.29, 1.82) is 0 Å². The van der Waals surface area contributed by atoms with E-state index in [1.54, 1.807) is 61.5 Å². The molecule has 0 fully saturated rings. The van der Waals surface area contributed by atoms with Gasteiger partial charge in [0.1, 0.15) is 0 Å². The van der Waals surface area contributed by atoms with Crippen molar-refractivity contribution in [2.45, 2.75) is 17.1 Å². The molecule has 0 heterocycles. The lowest BCUT2D eigenvalue weighted by molar-refractivity contribution is -0.115. The van der Waals surface area contributed by atoms with Gasteiger partial charge < -0.3 is 16.4 Å². The van der Waals surface area contributed by atoms with Crippen LogP contribution in [0.1, 0.15) is 27.6 Å². The molecule has 1 unspecified atom stereocenters. The van der Waals surface area contributed by atoms with E-state index in [4.69, 9.17) is 28.9 Å². The van der Waals surface area contributed by atoms with Crippen molar-refractivity contribution in [1.82, 2.24) is 0 Å². The number of hydrogen-bond donors (Lipinski definition) is 3. The highest BCUT2D eigenvalue weighted by molar-refractivity contribution is 8.00. The van der Waals surface area contributed by atoms with Gasteiger partial charge in [-0.05, 0) is 55.5 Å². The minimum atomic E-state index is -0.620. The van der Waals surface area contributed by atoms with Gasteiger partial charge in [0.05, 0.1) is 27.1 Å². The molecule has 3 aromatic carbocycles. The lowest BCUT2D eigenvalue weighted by Crippen LogP contribution is -2.24. The maximum Gasteiger partial charge on any atom is 0.257 e. The number of para-hydroxylation sites is 1. The predicted molar refractivity (Wildman–Crippen MR) is 130 cm³/mol. The normalized spacial score (nSPS) is 11.5. The quantitative estimate of drug-likeness (QED) is 0.384. The van der Waals surface area contributed by atoms with Crippen molar-refractivity contribution in [3.63, 3.8) is 0 Å². The van der Waals surface area contributed by atoms with Crippen molar-refractivity contribution >= 4 is 64.1 Å². The number of benzene rings is 3. The van der Waals surface area contributed by atoms with Crippen LogP contribution in [0.25, 0.3) is 0 Å². The summed E-state index contributed by atoms with van der Waals surface area (Å²) >= 11 is 13.3. The molecule has 9 heteroatoms. The Labute approximate surface area is 199 Å². The highest BCUT2D eigenvalue weighted by Crippen LogP contribution is 2.28. The zero-order valence-corrected chi connectivity index (χ0v) is 19.2. The molecule has 3 rings (SSSR count). The maximum absolute atomic E-state index is 12.6. The molecular formula is C23H19Cl2N3O3S. The van der Waals surface area contributed by atoms with E-state index in [1.165, 1.54) is 17.8 Å². The van der Waals surface area contributed by atoms with E-state index in [2.05, 4.69) is 10.6 Å². The van der Waals surface area contributed by atoms with Crippen LogP contribution in [0.3, 0.4) is 0 Å². The Morgan fingerprint density at radius 3 is 2.38 bits per heavy atom. The maximum atomic E-state index is 12.6. The molecule has 0 spiro atoms. The first-order chi connectivity index (χ1) is 15.2. The third kappa shape index (κ3) is 6.03. The van der Waals surface area contributed by atoms with Crippen LogP contribution in [-0.4, -0.2) is 23.0 Å². The zero-order valence-electron chi connectivity index (χ0n) is 16.9. The SMILES string of the molecule is CC(Sc1cccc(NC(=O)c2ccc(Cl)cc2Cl)c1)C(=O)Nc1ccccc1C(N)=O. The van der Waals surface area contributed by atoms with Gasteiger partial charge in [-0.25, -0.2) is 0 Å². The highest BCUT2D eigenvalue weighted by atomic mass is 35.5. The summed E-state index contributed by atoms with van der Waals surface area (Å²) in [6, 6.07) is 18.3. The van der Waals surface area contributed by atoms with E-state index in [0.717, 1.165) is 4.90 Å². The highest BCUT2D eigenvalue weighted by Gasteiger charge is 2.18. The zero-order chi connectivity index (χ0) is 23.3. The number of nitrogens with one attached hydrogen (secondary N) is 2. The second kappa shape index (κ2) is 10.5. The average Bonchev–Trinajstić information content (AvgIpc) is 2.74. The van der Waals surface area contributed by atoms with E-state index in [1.807, 2.05) is 6.07 Å². The second-order valence-electron chi connectivity index (χ2n) is 6.77. The summed E-state index contributed by atoms with van der Waals surface area (Å²) in [5, 5.41) is 5.74. The number of nitrogens with two attached hydrogens (primary N) is 1.